The molecule has 444 valence electrons. The third kappa shape index (κ3) is 15.9. The van der Waals surface area contributed by atoms with Crippen LogP contribution in [0.15, 0.2) is 205 Å². The molecule has 8 N–H and O–H groups in total. The van der Waals surface area contributed by atoms with E-state index >= 15 is 0 Å². The maximum absolute atomic E-state index is 14.0. The van der Waals surface area contributed by atoms with Crippen molar-refractivity contribution in [3.8, 4) is 23.0 Å². The molecular weight excluding hydrogens is 1150 g/mol. The monoisotopic (exact) mass is 1220 g/mol. The minimum atomic E-state index is -0.405. The maximum atomic E-state index is 14.0. The van der Waals surface area contributed by atoms with Gasteiger partial charge >= 0.3 is 0 Å². The largest absolute Gasteiger partial charge is 0.506 e. The molecule has 0 fully saturated rings. The average Bonchev–Trinajstić information content (AvgIpc) is 1.27. The van der Waals surface area contributed by atoms with Gasteiger partial charge in [0.15, 0.2) is 13.2 Å². The van der Waals surface area contributed by atoms with Crippen molar-refractivity contribution in [1.82, 2.24) is 0 Å². The van der Waals surface area contributed by atoms with Gasteiger partial charge in [-0.05, 0) is 190 Å². The first kappa shape index (κ1) is 62.6. The van der Waals surface area contributed by atoms with Crippen molar-refractivity contribution < 1.29 is 29.3 Å². The summed E-state index contributed by atoms with van der Waals surface area (Å²) >= 11 is 5.37. The number of rotatable bonds is 12. The molecule has 8 aromatic carbocycles. The van der Waals surface area contributed by atoms with Gasteiger partial charge in [0.05, 0.1) is 61.9 Å². The molecule has 1 heterocycles. The third-order valence-electron chi connectivity index (χ3n) is 13.8. The Balaban J connectivity index is 1.12. The van der Waals surface area contributed by atoms with Crippen molar-refractivity contribution in [3.05, 3.63) is 168 Å². The van der Waals surface area contributed by atoms with Crippen LogP contribution < -0.4 is 31.6 Å². The molecule has 0 saturated heterocycles. The van der Waals surface area contributed by atoms with Gasteiger partial charge in [-0.25, -0.2) is 0 Å². The van der Waals surface area contributed by atoms with Gasteiger partial charge in [0.1, 0.15) is 23.0 Å². The number of azo groups is 2. The number of nitrogens with two attached hydrogens (primary N) is 2. The van der Waals surface area contributed by atoms with E-state index in [2.05, 4.69) is 138 Å². The first-order chi connectivity index (χ1) is 40.5. The summed E-state index contributed by atoms with van der Waals surface area (Å²) in [6, 6.07) is 44.5. The summed E-state index contributed by atoms with van der Waals surface area (Å²) < 4.78 is 13.5. The quantitative estimate of drug-likeness (QED) is 0.0497. The van der Waals surface area contributed by atoms with Crippen LogP contribution in [0, 0.1) is 0 Å². The molecule has 1 aliphatic rings. The molecule has 0 unspecified atom stereocenters. The van der Waals surface area contributed by atoms with Crippen LogP contribution in [0.25, 0.3) is 0 Å². The number of aromatic hydroxyl groups is 2. The van der Waals surface area contributed by atoms with Crippen LogP contribution in [0.1, 0.15) is 105 Å². The van der Waals surface area contributed by atoms with E-state index in [1.165, 1.54) is 47.0 Å². The van der Waals surface area contributed by atoms with E-state index in [1.807, 2.05) is 24.3 Å². The van der Waals surface area contributed by atoms with Gasteiger partial charge in [-0.3, -0.25) is 9.59 Å². The van der Waals surface area contributed by atoms with Crippen molar-refractivity contribution in [2.45, 2.75) is 144 Å². The highest BCUT2D eigenvalue weighted by Gasteiger charge is 2.30. The van der Waals surface area contributed by atoms with Crippen molar-refractivity contribution in [2.24, 2.45) is 20.5 Å². The second kappa shape index (κ2) is 25.6. The smallest absolute Gasteiger partial charge is 0.262 e. The summed E-state index contributed by atoms with van der Waals surface area (Å²) in [6.07, 6.45) is 0. The highest BCUT2D eigenvalue weighted by molar-refractivity contribution is 8.01. The number of fused-ring (bicyclic) bond motifs is 8. The molecule has 8 aromatic rings. The van der Waals surface area contributed by atoms with Crippen LogP contribution in [0.5, 0.6) is 23.0 Å². The number of phenols is 2. The van der Waals surface area contributed by atoms with E-state index in [-0.39, 0.29) is 46.4 Å². The Kier molecular flexibility index (Phi) is 18.6. The zero-order valence-corrected chi connectivity index (χ0v) is 53.6. The molecular formula is C68H72N8O6S4. The van der Waals surface area contributed by atoms with Gasteiger partial charge in [0, 0.05) is 22.7 Å². The zero-order valence-electron chi connectivity index (χ0n) is 50.4. The van der Waals surface area contributed by atoms with E-state index in [0.29, 0.717) is 96.2 Å². The fourth-order valence-corrected chi connectivity index (χ4v) is 13.2. The van der Waals surface area contributed by atoms with Crippen LogP contribution in [0.4, 0.5) is 45.5 Å². The molecule has 0 radical (unpaired) electrons. The zero-order chi connectivity index (χ0) is 61.9. The molecule has 0 spiro atoms. The summed E-state index contributed by atoms with van der Waals surface area (Å²) in [5, 5.41) is 48.8. The van der Waals surface area contributed by atoms with Gasteiger partial charge in [0.2, 0.25) is 0 Å². The molecule has 2 amide bonds. The number of ether oxygens (including phenoxy) is 2. The third-order valence-corrected chi connectivity index (χ3v) is 18.0. The summed E-state index contributed by atoms with van der Waals surface area (Å²) in [5.74, 6) is 0.0642. The highest BCUT2D eigenvalue weighted by Crippen LogP contribution is 2.56. The second-order valence-corrected chi connectivity index (χ2v) is 29.3. The Morgan fingerprint density at radius 3 is 0.837 bits per heavy atom. The normalized spacial score (nSPS) is 13.0. The van der Waals surface area contributed by atoms with Crippen molar-refractivity contribution in [3.63, 3.8) is 0 Å². The van der Waals surface area contributed by atoms with Gasteiger partial charge < -0.3 is 41.8 Å². The first-order valence-electron chi connectivity index (χ1n) is 28.0. The predicted molar refractivity (Wildman–Crippen MR) is 352 cm³/mol. The van der Waals surface area contributed by atoms with E-state index in [9.17, 15) is 19.8 Å². The molecule has 86 heavy (non-hydrogen) atoms. The summed E-state index contributed by atoms with van der Waals surface area (Å²) in [5.41, 5.74) is 18.9. The first-order valence-corrected chi connectivity index (χ1v) is 31.2. The molecule has 0 aliphatic carbocycles. The van der Waals surface area contributed by atoms with E-state index < -0.39 is 11.8 Å². The SMILES string of the molecule is CC(C)(C)c1cc2c(O)c(c1)Sc1cc(C(C)(C)C)cc(c1OCC(=O)Nc1ccc(N=Nc3ccc(N)cc3)cc1)Sc1cc(C(C)(C)C)cc(c1O)Sc1cc(C(C)(C)C)cc(c1OCC(=O)Nc1ccc(N=Nc3ccc(N)cc3)cc1)S2. The number of phenolic OH excluding ortho intramolecular Hbond substituents is 2. The number of benzene rings is 8. The summed E-state index contributed by atoms with van der Waals surface area (Å²) in [4.78, 5) is 32.8. The summed E-state index contributed by atoms with van der Waals surface area (Å²) in [7, 11) is 0. The number of nitrogens with zero attached hydrogens (tertiary/aromatic N) is 4. The Morgan fingerprint density at radius 1 is 0.384 bits per heavy atom. The molecule has 0 aromatic heterocycles. The fourth-order valence-electron chi connectivity index (χ4n) is 8.63. The minimum absolute atomic E-state index is 0.0313. The Morgan fingerprint density at radius 2 is 0.605 bits per heavy atom. The average molecular weight is 1230 g/mol. The number of nitrogen functional groups attached to an aromatic ring is 2. The lowest BCUT2D eigenvalue weighted by Crippen LogP contribution is -2.21. The number of hydrogen-bond donors (Lipinski definition) is 6. The van der Waals surface area contributed by atoms with E-state index in [1.54, 1.807) is 97.1 Å². The van der Waals surface area contributed by atoms with Gasteiger partial charge in [0.25, 0.3) is 11.8 Å². The van der Waals surface area contributed by atoms with Crippen LogP contribution in [0.3, 0.4) is 0 Å². The number of hydrogen-bond acceptors (Lipinski definition) is 16. The maximum Gasteiger partial charge on any atom is 0.262 e. The lowest BCUT2D eigenvalue weighted by atomic mass is 9.87. The lowest BCUT2D eigenvalue weighted by molar-refractivity contribution is -0.118. The predicted octanol–water partition coefficient (Wildman–Crippen LogP) is 19.2. The molecule has 0 saturated carbocycles. The van der Waals surface area contributed by atoms with Crippen LogP contribution in [0.2, 0.25) is 0 Å². The van der Waals surface area contributed by atoms with Crippen molar-refractivity contribution >= 4 is 104 Å². The topological polar surface area (TPSA) is 219 Å². The van der Waals surface area contributed by atoms with Crippen molar-refractivity contribution in [1.29, 1.82) is 0 Å². The Hall–Kier alpha value is -7.90. The van der Waals surface area contributed by atoms with Crippen molar-refractivity contribution in [2.75, 3.05) is 35.3 Å². The Bertz CT molecular complexity index is 3530. The fraction of sp³-hybridized carbons (Fsp3) is 0.265. The summed E-state index contributed by atoms with van der Waals surface area (Å²) in [6.45, 7) is 24.8. The van der Waals surface area contributed by atoms with Gasteiger partial charge in [-0.15, -0.1) is 0 Å². The van der Waals surface area contributed by atoms with Gasteiger partial charge in [-0.2, -0.15) is 20.5 Å². The molecule has 8 bridgehead atoms. The van der Waals surface area contributed by atoms with Crippen LogP contribution in [-0.4, -0.2) is 35.2 Å². The molecule has 18 heteroatoms. The number of carbonyl (C=O) groups is 2. The standard InChI is InChI=1S/C68H72N8O6S4/c1-65(2,3)39-29-51-61(79)52(30-39)84-56-34-42(68(10,11)12)36-58(64(56)82-38-60(78)72-46-23-27-50(28-24-46)76-74-48-19-15-44(70)16-20-48)86-54-32-40(66(4,5)6)31-53(62(54)80)85-57-35-41(67(7,8)9)33-55(83-51)63(57)81-37-59(77)71-45-21-25-49(26-22-45)75-73-47-17-13-43(69)14-18-47/h13-36,79-80H,37-38,69-70H2,1-12H3,(H,71,77)(H,72,78). The highest BCUT2D eigenvalue weighted by atomic mass is 32.2. The number of amides is 2. The molecule has 0 atom stereocenters. The molecule has 14 nitrogen and oxygen atoms in total. The lowest BCUT2D eigenvalue weighted by Gasteiger charge is -2.27. The molecule has 1 aliphatic heterocycles. The Labute approximate surface area is 520 Å². The minimum Gasteiger partial charge on any atom is -0.506 e. The van der Waals surface area contributed by atoms with Gasteiger partial charge in [-0.1, -0.05) is 130 Å². The number of nitrogens with one attached hydrogen (secondary N) is 2. The number of carbonyl (C=O) groups excluding carboxylic acids is 2. The number of anilines is 4. The van der Waals surface area contributed by atoms with E-state index in [4.69, 9.17) is 20.9 Å². The van der Waals surface area contributed by atoms with Crippen LogP contribution in [-0.2, 0) is 31.2 Å². The van der Waals surface area contributed by atoms with E-state index in [0.717, 1.165) is 22.3 Å². The van der Waals surface area contributed by atoms with Crippen LogP contribution >= 0.6 is 47.0 Å². The molecule has 9 rings (SSSR count). The second-order valence-electron chi connectivity index (χ2n) is 25.0.